The van der Waals surface area contributed by atoms with Gasteiger partial charge in [0.05, 0.1) is 19.5 Å². The largest absolute Gasteiger partial charge is 0.502 e. The van der Waals surface area contributed by atoms with Crippen LogP contribution in [0.1, 0.15) is 13.3 Å². The van der Waals surface area contributed by atoms with Crippen molar-refractivity contribution in [2.24, 2.45) is 0 Å². The molecule has 0 rings (SSSR count). The molecule has 0 spiro atoms. The molecule has 0 radical (unpaired) electrons. The highest BCUT2D eigenvalue weighted by molar-refractivity contribution is 5.65. The fourth-order valence-electron chi connectivity index (χ4n) is 0.441. The van der Waals surface area contributed by atoms with E-state index < -0.39 is 0 Å². The molecule has 0 N–H and O–H groups in total. The van der Waals surface area contributed by atoms with Crippen LogP contribution in [0.3, 0.4) is 0 Å². The third-order valence-corrected chi connectivity index (χ3v) is 0.830. The van der Waals surface area contributed by atoms with Gasteiger partial charge in [0.25, 0.3) is 0 Å². The van der Waals surface area contributed by atoms with E-state index in [4.69, 9.17) is 4.74 Å². The van der Waals surface area contributed by atoms with Gasteiger partial charge in [-0.3, -0.25) is 4.79 Å². The van der Waals surface area contributed by atoms with Crippen LogP contribution in [-0.4, -0.2) is 19.2 Å². The zero-order chi connectivity index (χ0) is 7.82. The first-order valence-electron chi connectivity index (χ1n) is 3.13. The molecule has 3 nitrogen and oxygen atoms in total. The van der Waals surface area contributed by atoms with Crippen molar-refractivity contribution in [1.82, 2.24) is 0 Å². The number of esters is 1. The second-order valence-corrected chi connectivity index (χ2v) is 1.73. The summed E-state index contributed by atoms with van der Waals surface area (Å²) < 4.78 is 9.42. The van der Waals surface area contributed by atoms with Gasteiger partial charge in [-0.2, -0.15) is 0 Å². The highest BCUT2D eigenvalue weighted by Crippen LogP contribution is 1.85. The van der Waals surface area contributed by atoms with Gasteiger partial charge in [-0.1, -0.05) is 6.58 Å². The molecule has 0 fully saturated rings. The Hall–Kier alpha value is -0.990. The number of ether oxygens (including phenoxy) is 2. The minimum Gasteiger partial charge on any atom is -0.502 e. The number of carbonyl (C=O) groups excluding carboxylic acids is 1. The van der Waals surface area contributed by atoms with Gasteiger partial charge in [0.2, 0.25) is 0 Å². The Morgan fingerprint density at radius 3 is 2.80 bits per heavy atom. The highest BCUT2D eigenvalue weighted by Gasteiger charge is 1.90. The predicted octanol–water partition coefficient (Wildman–Crippen LogP) is 1.10. The summed E-state index contributed by atoms with van der Waals surface area (Å²) in [4.78, 5) is 10.2. The maximum absolute atomic E-state index is 10.2. The van der Waals surface area contributed by atoms with E-state index >= 15 is 0 Å². The predicted molar refractivity (Wildman–Crippen MR) is 37.4 cm³/mol. The number of carbonyl (C=O) groups is 1. The average molecular weight is 144 g/mol. The van der Waals surface area contributed by atoms with E-state index in [-0.39, 0.29) is 5.97 Å². The van der Waals surface area contributed by atoms with Crippen LogP contribution in [0.5, 0.6) is 0 Å². The van der Waals surface area contributed by atoms with Gasteiger partial charge in [-0.25, -0.2) is 0 Å². The van der Waals surface area contributed by atoms with Crippen LogP contribution in [0.15, 0.2) is 12.8 Å². The van der Waals surface area contributed by atoms with Gasteiger partial charge in [0.15, 0.2) is 0 Å². The molecule has 0 aromatic heterocycles. The van der Waals surface area contributed by atoms with Gasteiger partial charge >= 0.3 is 5.97 Å². The summed E-state index contributed by atoms with van der Waals surface area (Å²) in [5, 5.41) is 0. The fourth-order valence-corrected chi connectivity index (χ4v) is 0.441. The van der Waals surface area contributed by atoms with Crippen molar-refractivity contribution in [2.75, 3.05) is 13.2 Å². The Bertz CT molecular complexity index is 109. The second-order valence-electron chi connectivity index (χ2n) is 1.73. The van der Waals surface area contributed by atoms with Crippen molar-refractivity contribution in [3.63, 3.8) is 0 Å². The van der Waals surface area contributed by atoms with Gasteiger partial charge in [-0.05, 0) is 0 Å². The molecule has 0 aromatic rings. The molecule has 0 saturated heterocycles. The van der Waals surface area contributed by atoms with Gasteiger partial charge in [-0.15, -0.1) is 0 Å². The molecule has 0 aliphatic heterocycles. The van der Waals surface area contributed by atoms with Crippen molar-refractivity contribution < 1.29 is 14.3 Å². The molecule has 0 saturated carbocycles. The van der Waals surface area contributed by atoms with Crippen molar-refractivity contribution in [2.45, 2.75) is 13.3 Å². The lowest BCUT2D eigenvalue weighted by atomic mass is 10.5. The van der Waals surface area contributed by atoms with E-state index in [1.807, 2.05) is 0 Å². The maximum Gasteiger partial charge on any atom is 0.302 e. The smallest absolute Gasteiger partial charge is 0.302 e. The molecule has 0 amide bonds. The highest BCUT2D eigenvalue weighted by atomic mass is 16.5. The lowest BCUT2D eigenvalue weighted by Crippen LogP contribution is -2.02. The zero-order valence-corrected chi connectivity index (χ0v) is 6.13. The van der Waals surface area contributed by atoms with E-state index in [0.717, 1.165) is 0 Å². The van der Waals surface area contributed by atoms with E-state index in [0.29, 0.717) is 19.6 Å². The summed E-state index contributed by atoms with van der Waals surface area (Å²) in [6.45, 7) is 5.72. The van der Waals surface area contributed by atoms with E-state index in [1.165, 1.54) is 13.2 Å². The third-order valence-electron chi connectivity index (χ3n) is 0.830. The van der Waals surface area contributed by atoms with Crippen LogP contribution in [0.4, 0.5) is 0 Å². The minimum atomic E-state index is -0.251. The summed E-state index contributed by atoms with van der Waals surface area (Å²) in [5.41, 5.74) is 0. The minimum absolute atomic E-state index is 0.251. The topological polar surface area (TPSA) is 35.5 Å². The quantitative estimate of drug-likeness (QED) is 0.329. The Morgan fingerprint density at radius 1 is 1.60 bits per heavy atom. The fraction of sp³-hybridized carbons (Fsp3) is 0.571. The first-order valence-corrected chi connectivity index (χ1v) is 3.13. The molecule has 0 bridgehead atoms. The number of rotatable bonds is 5. The van der Waals surface area contributed by atoms with Crippen molar-refractivity contribution in [3.8, 4) is 0 Å². The summed E-state index contributed by atoms with van der Waals surface area (Å²) >= 11 is 0. The van der Waals surface area contributed by atoms with Crippen LogP contribution in [-0.2, 0) is 14.3 Å². The number of hydrogen-bond donors (Lipinski definition) is 0. The first kappa shape index (κ1) is 9.01. The molecular formula is C7H12O3. The maximum atomic E-state index is 10.2. The molecule has 10 heavy (non-hydrogen) atoms. The Balaban J connectivity index is 2.90. The van der Waals surface area contributed by atoms with Crippen molar-refractivity contribution in [3.05, 3.63) is 12.8 Å². The van der Waals surface area contributed by atoms with Crippen LogP contribution in [0.2, 0.25) is 0 Å². The Morgan fingerprint density at radius 2 is 2.30 bits per heavy atom. The zero-order valence-electron chi connectivity index (χ0n) is 6.13. The standard InChI is InChI=1S/C7H12O3/c1-3-9-5-4-6-10-7(2)8/h3H,1,4-6H2,2H3. The van der Waals surface area contributed by atoms with Crippen LogP contribution in [0, 0.1) is 0 Å². The van der Waals surface area contributed by atoms with Gasteiger partial charge in [0.1, 0.15) is 0 Å². The molecule has 0 aliphatic rings. The molecule has 0 atom stereocenters. The van der Waals surface area contributed by atoms with Crippen LogP contribution >= 0.6 is 0 Å². The average Bonchev–Trinajstić information content (AvgIpc) is 1.87. The second kappa shape index (κ2) is 6.13. The van der Waals surface area contributed by atoms with Gasteiger partial charge < -0.3 is 9.47 Å². The monoisotopic (exact) mass is 144 g/mol. The van der Waals surface area contributed by atoms with Gasteiger partial charge in [0, 0.05) is 13.3 Å². The lowest BCUT2D eigenvalue weighted by molar-refractivity contribution is -0.141. The molecule has 0 heterocycles. The number of hydrogen-bond acceptors (Lipinski definition) is 3. The Labute approximate surface area is 60.6 Å². The molecule has 0 aliphatic carbocycles. The van der Waals surface area contributed by atoms with E-state index in [9.17, 15) is 4.79 Å². The van der Waals surface area contributed by atoms with Crippen LogP contribution in [0.25, 0.3) is 0 Å². The third kappa shape index (κ3) is 7.01. The molecular weight excluding hydrogens is 132 g/mol. The van der Waals surface area contributed by atoms with Crippen LogP contribution < -0.4 is 0 Å². The summed E-state index contributed by atoms with van der Waals surface area (Å²) in [6.07, 6.45) is 2.08. The summed E-state index contributed by atoms with van der Waals surface area (Å²) in [6, 6.07) is 0. The Kier molecular flexibility index (Phi) is 5.53. The first-order chi connectivity index (χ1) is 4.77. The SMILES string of the molecule is C=COCCCOC(C)=O. The molecule has 0 unspecified atom stereocenters. The normalized spacial score (nSPS) is 8.50. The molecule has 58 valence electrons. The van der Waals surface area contributed by atoms with E-state index in [2.05, 4.69) is 11.3 Å². The summed E-state index contributed by atoms with van der Waals surface area (Å²) in [5.74, 6) is -0.251. The molecule has 3 heteroatoms. The van der Waals surface area contributed by atoms with Crippen molar-refractivity contribution in [1.29, 1.82) is 0 Å². The van der Waals surface area contributed by atoms with E-state index in [1.54, 1.807) is 0 Å². The summed E-state index contributed by atoms with van der Waals surface area (Å²) in [7, 11) is 0. The lowest BCUT2D eigenvalue weighted by Gasteiger charge is -2.00. The van der Waals surface area contributed by atoms with Crippen molar-refractivity contribution >= 4 is 5.97 Å². The molecule has 0 aromatic carbocycles.